The van der Waals surface area contributed by atoms with Crippen LogP contribution in [0.15, 0.2) is 87.7 Å². The van der Waals surface area contributed by atoms with Crippen LogP contribution in [0.1, 0.15) is 16.9 Å². The van der Waals surface area contributed by atoms with Gasteiger partial charge in [-0.2, -0.15) is 0 Å². The average Bonchev–Trinajstić information content (AvgIpc) is 3.52. The molecule has 0 radical (unpaired) electrons. The maximum atomic E-state index is 12.3. The standard InChI is InChI=1S/C29H22ClN3O3S/c1-17-3-12-24-26(15-17)36-28(32-24)19-6-8-21(9-7-19)31-29(37)33-27(34)14-11-22-10-13-25(35-22)20-5-4-18(2)23(30)16-20/h3-16H,1-2H3,(H2,31,33,34,37)/b14-11+. The Balaban J connectivity index is 1.17. The number of furan rings is 1. The molecule has 0 bridgehead atoms. The highest BCUT2D eigenvalue weighted by atomic mass is 35.5. The van der Waals surface area contributed by atoms with Gasteiger partial charge in [0.2, 0.25) is 11.8 Å². The number of halogens is 1. The first-order valence-electron chi connectivity index (χ1n) is 11.5. The molecule has 2 heterocycles. The van der Waals surface area contributed by atoms with E-state index in [1.165, 1.54) is 6.08 Å². The number of thiocarbonyl (C=S) groups is 1. The van der Waals surface area contributed by atoms with Crippen molar-refractivity contribution in [3.63, 3.8) is 0 Å². The number of fused-ring (bicyclic) bond motifs is 1. The van der Waals surface area contributed by atoms with Gasteiger partial charge in [-0.25, -0.2) is 4.98 Å². The molecule has 0 saturated heterocycles. The predicted molar refractivity (Wildman–Crippen MR) is 151 cm³/mol. The van der Waals surface area contributed by atoms with Gasteiger partial charge in [-0.1, -0.05) is 29.8 Å². The smallest absolute Gasteiger partial charge is 0.250 e. The first kappa shape index (κ1) is 24.5. The van der Waals surface area contributed by atoms with E-state index in [0.717, 1.165) is 39.0 Å². The van der Waals surface area contributed by atoms with Gasteiger partial charge in [0.25, 0.3) is 0 Å². The van der Waals surface area contributed by atoms with Crippen LogP contribution < -0.4 is 10.6 Å². The number of amides is 1. The van der Waals surface area contributed by atoms with E-state index in [9.17, 15) is 4.79 Å². The Bertz CT molecular complexity index is 1650. The first-order chi connectivity index (χ1) is 17.8. The summed E-state index contributed by atoms with van der Waals surface area (Å²) < 4.78 is 11.7. The number of rotatable bonds is 5. The normalized spacial score (nSPS) is 11.2. The van der Waals surface area contributed by atoms with Crippen molar-refractivity contribution in [2.45, 2.75) is 13.8 Å². The lowest BCUT2D eigenvalue weighted by Crippen LogP contribution is -2.32. The molecule has 0 aliphatic carbocycles. The number of nitrogens with zero attached hydrogens (tertiary/aromatic N) is 1. The van der Waals surface area contributed by atoms with Crippen molar-refractivity contribution < 1.29 is 13.6 Å². The lowest BCUT2D eigenvalue weighted by molar-refractivity contribution is -0.115. The van der Waals surface area contributed by atoms with Gasteiger partial charge in [-0.15, -0.1) is 0 Å². The van der Waals surface area contributed by atoms with Crippen molar-refractivity contribution in [1.82, 2.24) is 10.3 Å². The van der Waals surface area contributed by atoms with Crippen molar-refractivity contribution in [1.29, 1.82) is 0 Å². The molecule has 0 aliphatic heterocycles. The van der Waals surface area contributed by atoms with Crippen LogP contribution in [0, 0.1) is 13.8 Å². The molecule has 184 valence electrons. The molecule has 3 aromatic carbocycles. The lowest BCUT2D eigenvalue weighted by atomic mass is 10.1. The lowest BCUT2D eigenvalue weighted by Gasteiger charge is -2.08. The van der Waals surface area contributed by atoms with Gasteiger partial charge in [-0.3, -0.25) is 10.1 Å². The fourth-order valence-corrected chi connectivity index (χ4v) is 4.07. The number of carbonyl (C=O) groups excluding carboxylic acids is 1. The number of benzene rings is 3. The number of nitrogens with one attached hydrogen (secondary N) is 2. The molecule has 2 aromatic heterocycles. The van der Waals surface area contributed by atoms with Gasteiger partial charge in [-0.05, 0) is 97.9 Å². The van der Waals surface area contributed by atoms with Crippen molar-refractivity contribution in [2.24, 2.45) is 0 Å². The maximum Gasteiger partial charge on any atom is 0.250 e. The zero-order valence-corrected chi connectivity index (χ0v) is 21.6. The van der Waals surface area contributed by atoms with Gasteiger partial charge in [0.15, 0.2) is 10.7 Å². The Morgan fingerprint density at radius 1 is 0.946 bits per heavy atom. The van der Waals surface area contributed by atoms with Crippen LogP contribution in [0.2, 0.25) is 5.02 Å². The monoisotopic (exact) mass is 527 g/mol. The van der Waals surface area contributed by atoms with Crippen molar-refractivity contribution in [3.8, 4) is 22.8 Å². The third-order valence-corrected chi connectivity index (χ3v) is 6.26. The van der Waals surface area contributed by atoms with E-state index in [1.54, 1.807) is 12.1 Å². The minimum Gasteiger partial charge on any atom is -0.457 e. The fraction of sp³-hybridized carbons (Fsp3) is 0.0690. The van der Waals surface area contributed by atoms with Crippen LogP contribution in [0.3, 0.4) is 0 Å². The SMILES string of the molecule is Cc1ccc2nc(-c3ccc(NC(=S)NC(=O)/C=C/c4ccc(-c5ccc(C)c(Cl)c5)o4)cc3)oc2c1. The van der Waals surface area contributed by atoms with Gasteiger partial charge in [0.1, 0.15) is 17.0 Å². The number of aromatic nitrogens is 1. The number of aryl methyl sites for hydroxylation is 2. The molecule has 8 heteroatoms. The molecule has 2 N–H and O–H groups in total. The highest BCUT2D eigenvalue weighted by molar-refractivity contribution is 7.80. The number of hydrogen-bond donors (Lipinski definition) is 2. The summed E-state index contributed by atoms with van der Waals surface area (Å²) >= 11 is 11.5. The van der Waals surface area contributed by atoms with E-state index in [-0.39, 0.29) is 11.0 Å². The summed E-state index contributed by atoms with van der Waals surface area (Å²) in [5.74, 6) is 1.35. The molecule has 6 nitrogen and oxygen atoms in total. The molecular formula is C29H22ClN3O3S. The van der Waals surface area contributed by atoms with E-state index in [2.05, 4.69) is 15.6 Å². The second kappa shape index (κ2) is 10.4. The van der Waals surface area contributed by atoms with E-state index in [1.807, 2.05) is 80.6 Å². The Labute approximate surface area is 224 Å². The van der Waals surface area contributed by atoms with E-state index < -0.39 is 0 Å². The summed E-state index contributed by atoms with van der Waals surface area (Å²) in [6, 6.07) is 22.7. The van der Waals surface area contributed by atoms with E-state index >= 15 is 0 Å². The maximum absolute atomic E-state index is 12.3. The van der Waals surface area contributed by atoms with Crippen molar-refractivity contribution in [3.05, 3.63) is 101 Å². The van der Waals surface area contributed by atoms with Gasteiger partial charge < -0.3 is 14.2 Å². The Kier molecular flexibility index (Phi) is 6.90. The van der Waals surface area contributed by atoms with Crippen LogP contribution in [0.5, 0.6) is 0 Å². The molecule has 0 spiro atoms. The summed E-state index contributed by atoms with van der Waals surface area (Å²) in [6.45, 7) is 3.95. The largest absolute Gasteiger partial charge is 0.457 e. The number of anilines is 1. The summed E-state index contributed by atoms with van der Waals surface area (Å²) in [7, 11) is 0. The molecule has 0 fully saturated rings. The molecule has 37 heavy (non-hydrogen) atoms. The molecule has 1 amide bonds. The second-order valence-corrected chi connectivity index (χ2v) is 9.33. The molecule has 5 aromatic rings. The zero-order valence-electron chi connectivity index (χ0n) is 20.0. The van der Waals surface area contributed by atoms with Crippen LogP contribution >= 0.6 is 23.8 Å². The van der Waals surface area contributed by atoms with Crippen molar-refractivity contribution in [2.75, 3.05) is 5.32 Å². The summed E-state index contributed by atoms with van der Waals surface area (Å²) in [5, 5.41) is 6.47. The van der Waals surface area contributed by atoms with E-state index in [0.29, 0.717) is 22.4 Å². The minimum absolute atomic E-state index is 0.175. The molecular weight excluding hydrogens is 506 g/mol. The Morgan fingerprint density at radius 2 is 1.73 bits per heavy atom. The number of hydrogen-bond acceptors (Lipinski definition) is 5. The molecule has 5 rings (SSSR count). The highest BCUT2D eigenvalue weighted by Gasteiger charge is 2.10. The van der Waals surface area contributed by atoms with Crippen LogP contribution in [0.25, 0.3) is 40.0 Å². The summed E-state index contributed by atoms with van der Waals surface area (Å²) in [5.41, 5.74) is 6.08. The minimum atomic E-state index is -0.382. The fourth-order valence-electron chi connectivity index (χ4n) is 3.67. The number of oxazole rings is 1. The topological polar surface area (TPSA) is 80.3 Å². The zero-order chi connectivity index (χ0) is 25.9. The van der Waals surface area contributed by atoms with Crippen LogP contribution in [-0.4, -0.2) is 16.0 Å². The average molecular weight is 528 g/mol. The van der Waals surface area contributed by atoms with E-state index in [4.69, 9.17) is 32.7 Å². The number of carbonyl (C=O) groups is 1. The summed E-state index contributed by atoms with van der Waals surface area (Å²) in [6.07, 6.45) is 2.94. The second-order valence-electron chi connectivity index (χ2n) is 8.51. The third-order valence-electron chi connectivity index (χ3n) is 5.65. The highest BCUT2D eigenvalue weighted by Crippen LogP contribution is 2.28. The Hall–Kier alpha value is -4.20. The van der Waals surface area contributed by atoms with Crippen molar-refractivity contribution >= 4 is 57.7 Å². The first-order valence-corrected chi connectivity index (χ1v) is 12.3. The van der Waals surface area contributed by atoms with Gasteiger partial charge in [0, 0.05) is 27.9 Å². The quantitative estimate of drug-likeness (QED) is 0.181. The van der Waals surface area contributed by atoms with Gasteiger partial charge >= 0.3 is 0 Å². The molecule has 0 unspecified atom stereocenters. The van der Waals surface area contributed by atoms with Crippen LogP contribution in [0.4, 0.5) is 5.69 Å². The molecule has 0 saturated carbocycles. The van der Waals surface area contributed by atoms with Gasteiger partial charge in [0.05, 0.1) is 0 Å². The molecule has 0 aliphatic rings. The molecule has 0 atom stereocenters. The third kappa shape index (κ3) is 5.80. The summed E-state index contributed by atoms with van der Waals surface area (Å²) in [4.78, 5) is 16.9. The van der Waals surface area contributed by atoms with Crippen LogP contribution in [-0.2, 0) is 4.79 Å². The Morgan fingerprint density at radius 3 is 2.51 bits per heavy atom. The predicted octanol–water partition coefficient (Wildman–Crippen LogP) is 7.55.